The summed E-state index contributed by atoms with van der Waals surface area (Å²) in [5.74, 6) is -0.928. The van der Waals surface area contributed by atoms with Gasteiger partial charge in [-0.1, -0.05) is 23.4 Å². The molecular formula is C19H17N3O4. The highest BCUT2D eigenvalue weighted by Gasteiger charge is 2.28. The van der Waals surface area contributed by atoms with Gasteiger partial charge in [-0.25, -0.2) is 4.98 Å². The molecule has 0 saturated heterocycles. The van der Waals surface area contributed by atoms with Crippen LogP contribution in [0.5, 0.6) is 0 Å². The fourth-order valence-electron chi connectivity index (χ4n) is 3.03. The number of amides is 1. The summed E-state index contributed by atoms with van der Waals surface area (Å²) in [6.45, 7) is 1.76. The largest absolute Gasteiger partial charge is 0.481 e. The Labute approximate surface area is 149 Å². The first-order chi connectivity index (χ1) is 12.5. The second kappa shape index (κ2) is 6.25. The molecule has 2 heterocycles. The van der Waals surface area contributed by atoms with Crippen LogP contribution in [0.15, 0.2) is 34.9 Å². The molecule has 1 amide bonds. The van der Waals surface area contributed by atoms with Crippen LogP contribution in [0, 0.1) is 6.92 Å². The number of nitrogens with one attached hydrogen (secondary N) is 1. The number of aryl methyl sites for hydroxylation is 1. The zero-order chi connectivity index (χ0) is 18.3. The third kappa shape index (κ3) is 3.03. The number of hydrogen-bond donors (Lipinski definition) is 2. The Morgan fingerprint density at radius 2 is 2.08 bits per heavy atom. The van der Waals surface area contributed by atoms with Crippen molar-refractivity contribution in [3.8, 4) is 0 Å². The maximum atomic E-state index is 13.0. The van der Waals surface area contributed by atoms with Gasteiger partial charge in [-0.15, -0.1) is 0 Å². The Morgan fingerprint density at radius 3 is 2.81 bits per heavy atom. The number of carbonyl (C=O) groups is 2. The van der Waals surface area contributed by atoms with Crippen LogP contribution in [0.1, 0.15) is 46.1 Å². The molecular weight excluding hydrogens is 334 g/mol. The lowest BCUT2D eigenvalue weighted by Gasteiger charge is -2.11. The fourth-order valence-corrected chi connectivity index (χ4v) is 3.03. The van der Waals surface area contributed by atoms with Gasteiger partial charge in [-0.3, -0.25) is 9.59 Å². The van der Waals surface area contributed by atoms with Crippen molar-refractivity contribution in [1.29, 1.82) is 0 Å². The number of para-hydroxylation sites is 1. The van der Waals surface area contributed by atoms with Gasteiger partial charge in [0.2, 0.25) is 0 Å². The number of carbonyl (C=O) groups excluding carboxylic acids is 1. The van der Waals surface area contributed by atoms with E-state index < -0.39 is 5.97 Å². The van der Waals surface area contributed by atoms with Crippen molar-refractivity contribution >= 4 is 28.7 Å². The number of carboxylic acids is 1. The summed E-state index contributed by atoms with van der Waals surface area (Å²) in [5.41, 5.74) is 3.25. The van der Waals surface area contributed by atoms with Crippen LogP contribution in [0.3, 0.4) is 0 Å². The fraction of sp³-hybridized carbons (Fsp3) is 0.263. The number of pyridine rings is 1. The van der Waals surface area contributed by atoms with Crippen LogP contribution in [-0.2, 0) is 11.2 Å². The number of rotatable bonds is 5. The molecule has 1 aliphatic carbocycles. The standard InChI is InChI=1S/C19H17N3O4/c1-10-17-13(9-15(11-6-7-11)21-19(17)26-22-10)18(25)20-14-5-3-2-4-12(14)8-16(23)24/h2-5,9,11H,6-8H2,1H3,(H,20,25)(H,23,24). The lowest BCUT2D eigenvalue weighted by molar-refractivity contribution is -0.136. The van der Waals surface area contributed by atoms with Crippen LogP contribution >= 0.6 is 0 Å². The van der Waals surface area contributed by atoms with Crippen molar-refractivity contribution in [2.45, 2.75) is 32.1 Å². The molecule has 0 bridgehead atoms. The summed E-state index contributed by atoms with van der Waals surface area (Å²) in [6.07, 6.45) is 1.93. The Balaban J connectivity index is 1.73. The van der Waals surface area contributed by atoms with Crippen molar-refractivity contribution in [1.82, 2.24) is 10.1 Å². The smallest absolute Gasteiger partial charge is 0.307 e. The molecule has 0 aliphatic heterocycles. The predicted molar refractivity (Wildman–Crippen MR) is 94.3 cm³/mol. The molecule has 0 radical (unpaired) electrons. The van der Waals surface area contributed by atoms with Gasteiger partial charge in [0.05, 0.1) is 23.1 Å². The topological polar surface area (TPSA) is 105 Å². The molecule has 26 heavy (non-hydrogen) atoms. The number of aromatic nitrogens is 2. The summed E-state index contributed by atoms with van der Waals surface area (Å²) in [7, 11) is 0. The average molecular weight is 351 g/mol. The monoisotopic (exact) mass is 351 g/mol. The Kier molecular flexibility index (Phi) is 3.91. The van der Waals surface area contributed by atoms with Gasteiger partial charge >= 0.3 is 5.97 Å². The van der Waals surface area contributed by atoms with Crippen LogP contribution < -0.4 is 5.32 Å². The van der Waals surface area contributed by atoms with E-state index in [1.54, 1.807) is 37.3 Å². The number of aliphatic carboxylic acids is 1. The number of benzene rings is 1. The van der Waals surface area contributed by atoms with Gasteiger partial charge in [0.25, 0.3) is 11.6 Å². The van der Waals surface area contributed by atoms with Crippen LogP contribution in [0.25, 0.3) is 11.1 Å². The lowest BCUT2D eigenvalue weighted by Crippen LogP contribution is -2.15. The lowest BCUT2D eigenvalue weighted by atomic mass is 10.1. The molecule has 7 nitrogen and oxygen atoms in total. The number of carboxylic acid groups (broad SMARTS) is 1. The molecule has 3 aromatic rings. The Hall–Kier alpha value is -3.22. The molecule has 1 saturated carbocycles. The molecule has 0 spiro atoms. The zero-order valence-corrected chi connectivity index (χ0v) is 14.2. The molecule has 2 aromatic heterocycles. The summed E-state index contributed by atoms with van der Waals surface area (Å²) in [5, 5.41) is 16.4. The van der Waals surface area contributed by atoms with Crippen molar-refractivity contribution in [3.63, 3.8) is 0 Å². The quantitative estimate of drug-likeness (QED) is 0.731. The SMILES string of the molecule is Cc1noc2nc(C3CC3)cc(C(=O)Nc3ccccc3CC(=O)O)c12. The normalized spacial score (nSPS) is 13.7. The van der Waals surface area contributed by atoms with E-state index in [0.29, 0.717) is 39.5 Å². The van der Waals surface area contributed by atoms with Crippen molar-refractivity contribution < 1.29 is 19.2 Å². The van der Waals surface area contributed by atoms with Crippen molar-refractivity contribution in [2.75, 3.05) is 5.32 Å². The first-order valence-electron chi connectivity index (χ1n) is 8.41. The number of fused-ring (bicyclic) bond motifs is 1. The summed E-state index contributed by atoms with van der Waals surface area (Å²) < 4.78 is 5.27. The van der Waals surface area contributed by atoms with E-state index in [4.69, 9.17) is 9.63 Å². The minimum Gasteiger partial charge on any atom is -0.481 e. The molecule has 1 fully saturated rings. The molecule has 4 rings (SSSR count). The minimum absolute atomic E-state index is 0.165. The number of nitrogens with zero attached hydrogens (tertiary/aromatic N) is 2. The predicted octanol–water partition coefficient (Wildman–Crippen LogP) is 3.29. The van der Waals surface area contributed by atoms with E-state index in [9.17, 15) is 9.59 Å². The molecule has 7 heteroatoms. The molecule has 132 valence electrons. The second-order valence-electron chi connectivity index (χ2n) is 6.50. The van der Waals surface area contributed by atoms with E-state index in [1.807, 2.05) is 0 Å². The van der Waals surface area contributed by atoms with Gasteiger partial charge in [0.15, 0.2) is 0 Å². The number of hydrogen-bond acceptors (Lipinski definition) is 5. The van der Waals surface area contributed by atoms with E-state index in [-0.39, 0.29) is 12.3 Å². The minimum atomic E-state index is -0.955. The summed E-state index contributed by atoms with van der Waals surface area (Å²) in [4.78, 5) is 28.5. The zero-order valence-electron chi connectivity index (χ0n) is 14.2. The maximum Gasteiger partial charge on any atom is 0.307 e. The highest BCUT2D eigenvalue weighted by Crippen LogP contribution is 2.40. The maximum absolute atomic E-state index is 13.0. The van der Waals surface area contributed by atoms with Crippen LogP contribution in [0.4, 0.5) is 5.69 Å². The number of anilines is 1. The van der Waals surface area contributed by atoms with E-state index in [1.165, 1.54) is 0 Å². The van der Waals surface area contributed by atoms with Crippen molar-refractivity contribution in [2.24, 2.45) is 0 Å². The van der Waals surface area contributed by atoms with Crippen LogP contribution in [-0.4, -0.2) is 27.1 Å². The third-order valence-corrected chi connectivity index (χ3v) is 4.48. The van der Waals surface area contributed by atoms with E-state index in [2.05, 4.69) is 15.5 Å². The first-order valence-corrected chi connectivity index (χ1v) is 8.41. The Bertz CT molecular complexity index is 1020. The molecule has 1 aliphatic rings. The van der Waals surface area contributed by atoms with E-state index >= 15 is 0 Å². The third-order valence-electron chi connectivity index (χ3n) is 4.48. The van der Waals surface area contributed by atoms with Gasteiger partial charge < -0.3 is 14.9 Å². The Morgan fingerprint density at radius 1 is 1.31 bits per heavy atom. The van der Waals surface area contributed by atoms with Crippen molar-refractivity contribution in [3.05, 3.63) is 52.8 Å². The molecule has 1 aromatic carbocycles. The summed E-state index contributed by atoms with van der Waals surface area (Å²) in [6, 6.07) is 8.67. The van der Waals surface area contributed by atoms with Gasteiger partial charge in [-0.2, -0.15) is 0 Å². The molecule has 0 unspecified atom stereocenters. The summed E-state index contributed by atoms with van der Waals surface area (Å²) >= 11 is 0. The van der Waals surface area contributed by atoms with E-state index in [0.717, 1.165) is 18.5 Å². The first kappa shape index (κ1) is 16.3. The van der Waals surface area contributed by atoms with Gasteiger partial charge in [0, 0.05) is 17.3 Å². The van der Waals surface area contributed by atoms with Gasteiger partial charge in [-0.05, 0) is 37.5 Å². The highest BCUT2D eigenvalue weighted by atomic mass is 16.5. The average Bonchev–Trinajstić information content (AvgIpc) is 3.39. The van der Waals surface area contributed by atoms with Gasteiger partial charge in [0.1, 0.15) is 0 Å². The molecule has 2 N–H and O–H groups in total. The molecule has 0 atom stereocenters. The highest BCUT2D eigenvalue weighted by molar-refractivity contribution is 6.12. The second-order valence-corrected chi connectivity index (χ2v) is 6.50. The van der Waals surface area contributed by atoms with Crippen LogP contribution in [0.2, 0.25) is 0 Å².